The molecule has 0 bridgehead atoms. The van der Waals surface area contributed by atoms with E-state index in [4.69, 9.17) is 4.74 Å². The first kappa shape index (κ1) is 31.8. The molecule has 5 rings (SSSR count). The molecule has 0 spiro atoms. The molecule has 1 aliphatic heterocycles. The molecular formula is C34H32F4N4O3. The standard InChI is InChI=1S/C34H32F4N4O3/c35-24-8-6-22(7-9-24)29(23-14-25(36)16-26(37)15-23)17-33(44)42-31-19-40-18-30(38)28(31)10-11-34(21-39-12-13-41-34)32(43)20-45-27-4-2-1-3-5-27/h1-9,14-16,18-19,29,39,41H,10-13,17,20-21H2,(H,42,44)/t29-,34-/m0/s1. The maximum absolute atomic E-state index is 15.2. The monoisotopic (exact) mass is 620 g/mol. The number of nitrogens with one attached hydrogen (secondary N) is 3. The van der Waals surface area contributed by atoms with Crippen LogP contribution in [0.3, 0.4) is 0 Å². The first-order valence-electron chi connectivity index (χ1n) is 14.5. The van der Waals surface area contributed by atoms with Gasteiger partial charge in [-0.2, -0.15) is 0 Å². The van der Waals surface area contributed by atoms with Crippen LogP contribution in [0.2, 0.25) is 0 Å². The molecule has 11 heteroatoms. The van der Waals surface area contributed by atoms with Crippen molar-refractivity contribution in [3.05, 3.63) is 125 Å². The Kier molecular flexibility index (Phi) is 10.2. The fraction of sp³-hybridized carbons (Fsp3) is 0.265. The van der Waals surface area contributed by atoms with Crippen LogP contribution in [0.5, 0.6) is 5.75 Å². The van der Waals surface area contributed by atoms with Gasteiger partial charge in [-0.1, -0.05) is 30.3 Å². The molecule has 4 aromatic rings. The van der Waals surface area contributed by atoms with Gasteiger partial charge in [-0.15, -0.1) is 0 Å². The average molecular weight is 621 g/mol. The van der Waals surface area contributed by atoms with Crippen molar-refractivity contribution in [1.29, 1.82) is 0 Å². The number of rotatable bonds is 12. The van der Waals surface area contributed by atoms with Gasteiger partial charge >= 0.3 is 0 Å². The lowest BCUT2D eigenvalue weighted by atomic mass is 9.85. The van der Waals surface area contributed by atoms with Crippen LogP contribution in [0.1, 0.15) is 35.4 Å². The van der Waals surface area contributed by atoms with E-state index in [9.17, 15) is 22.8 Å². The van der Waals surface area contributed by atoms with E-state index in [1.165, 1.54) is 30.5 Å². The summed E-state index contributed by atoms with van der Waals surface area (Å²) in [6.45, 7) is 1.30. The molecule has 234 valence electrons. The van der Waals surface area contributed by atoms with E-state index in [1.54, 1.807) is 24.3 Å². The number of ketones is 1. The van der Waals surface area contributed by atoms with Gasteiger partial charge in [0.25, 0.3) is 0 Å². The zero-order valence-electron chi connectivity index (χ0n) is 24.3. The summed E-state index contributed by atoms with van der Waals surface area (Å²) in [7, 11) is 0. The minimum absolute atomic E-state index is 0.0756. The van der Waals surface area contributed by atoms with E-state index in [1.807, 2.05) is 6.07 Å². The van der Waals surface area contributed by atoms with Crippen LogP contribution in [-0.2, 0) is 16.0 Å². The summed E-state index contributed by atoms with van der Waals surface area (Å²) < 4.78 is 62.8. The second-order valence-corrected chi connectivity index (χ2v) is 10.9. The lowest BCUT2D eigenvalue weighted by Gasteiger charge is -2.37. The number of anilines is 1. The maximum atomic E-state index is 15.2. The molecule has 0 unspecified atom stereocenters. The minimum Gasteiger partial charge on any atom is -0.486 e. The van der Waals surface area contributed by atoms with Crippen LogP contribution in [0.15, 0.2) is 85.2 Å². The van der Waals surface area contributed by atoms with Crippen molar-refractivity contribution >= 4 is 17.4 Å². The molecule has 45 heavy (non-hydrogen) atoms. The van der Waals surface area contributed by atoms with Gasteiger partial charge in [-0.3, -0.25) is 14.6 Å². The number of benzene rings is 3. The fourth-order valence-electron chi connectivity index (χ4n) is 5.52. The molecule has 0 saturated carbocycles. The Morgan fingerprint density at radius 1 is 0.889 bits per heavy atom. The molecule has 2 atom stereocenters. The Morgan fingerprint density at radius 3 is 2.31 bits per heavy atom. The van der Waals surface area contributed by atoms with Crippen molar-refractivity contribution in [3.8, 4) is 5.75 Å². The predicted octanol–water partition coefficient (Wildman–Crippen LogP) is 5.31. The molecule has 1 amide bonds. The van der Waals surface area contributed by atoms with E-state index in [-0.39, 0.29) is 48.5 Å². The molecule has 0 radical (unpaired) electrons. The van der Waals surface area contributed by atoms with Crippen molar-refractivity contribution in [3.63, 3.8) is 0 Å². The van der Waals surface area contributed by atoms with E-state index in [0.717, 1.165) is 24.4 Å². The summed E-state index contributed by atoms with van der Waals surface area (Å²) in [5, 5.41) is 9.20. The van der Waals surface area contributed by atoms with Gasteiger partial charge in [-0.05, 0) is 60.4 Å². The van der Waals surface area contributed by atoms with Crippen LogP contribution < -0.4 is 20.7 Å². The van der Waals surface area contributed by atoms with Crippen LogP contribution in [0.25, 0.3) is 0 Å². The third-order valence-corrected chi connectivity index (χ3v) is 7.87. The molecule has 3 aromatic carbocycles. The van der Waals surface area contributed by atoms with Crippen LogP contribution in [0, 0.1) is 23.3 Å². The number of Topliss-reactive ketones (excluding diaryl/α,β-unsaturated/α-hetero) is 1. The van der Waals surface area contributed by atoms with E-state index >= 15 is 4.39 Å². The van der Waals surface area contributed by atoms with E-state index < -0.39 is 40.6 Å². The second-order valence-electron chi connectivity index (χ2n) is 10.9. The van der Waals surface area contributed by atoms with Crippen molar-refractivity contribution in [2.45, 2.75) is 30.7 Å². The summed E-state index contributed by atoms with van der Waals surface area (Å²) in [6, 6.07) is 17.2. The Balaban J connectivity index is 1.33. The molecule has 1 aliphatic rings. The number of hydrogen-bond acceptors (Lipinski definition) is 6. The molecule has 0 aliphatic carbocycles. The zero-order valence-corrected chi connectivity index (χ0v) is 24.3. The summed E-state index contributed by atoms with van der Waals surface area (Å²) in [4.78, 5) is 30.7. The topological polar surface area (TPSA) is 92.4 Å². The smallest absolute Gasteiger partial charge is 0.225 e. The average Bonchev–Trinajstić information content (AvgIpc) is 3.03. The highest BCUT2D eigenvalue weighted by molar-refractivity contribution is 5.92. The van der Waals surface area contributed by atoms with Gasteiger partial charge in [0, 0.05) is 43.6 Å². The number of carbonyl (C=O) groups excluding carboxylic acids is 2. The normalized spacial score (nSPS) is 17.0. The van der Waals surface area contributed by atoms with Gasteiger partial charge < -0.3 is 20.7 Å². The Labute approximate surface area is 258 Å². The lowest BCUT2D eigenvalue weighted by molar-refractivity contribution is -0.128. The largest absolute Gasteiger partial charge is 0.486 e. The van der Waals surface area contributed by atoms with Gasteiger partial charge in [0.05, 0.1) is 23.6 Å². The number of para-hydroxylation sites is 1. The van der Waals surface area contributed by atoms with Crippen molar-refractivity contribution in [2.75, 3.05) is 31.6 Å². The number of hydrogen-bond donors (Lipinski definition) is 3. The van der Waals surface area contributed by atoms with Crippen molar-refractivity contribution in [1.82, 2.24) is 15.6 Å². The molecular weight excluding hydrogens is 588 g/mol. The van der Waals surface area contributed by atoms with Gasteiger partial charge in [0.2, 0.25) is 5.91 Å². The molecule has 1 fully saturated rings. The number of amides is 1. The van der Waals surface area contributed by atoms with Crippen molar-refractivity contribution < 1.29 is 31.9 Å². The van der Waals surface area contributed by atoms with Gasteiger partial charge in [-0.25, -0.2) is 17.6 Å². The van der Waals surface area contributed by atoms with Crippen LogP contribution in [0.4, 0.5) is 23.2 Å². The third-order valence-electron chi connectivity index (χ3n) is 7.87. The first-order chi connectivity index (χ1) is 21.7. The first-order valence-corrected chi connectivity index (χ1v) is 14.5. The van der Waals surface area contributed by atoms with Crippen LogP contribution >= 0.6 is 0 Å². The molecule has 7 nitrogen and oxygen atoms in total. The second kappa shape index (κ2) is 14.4. The number of nitrogens with zero attached hydrogens (tertiary/aromatic N) is 1. The quantitative estimate of drug-likeness (QED) is 0.186. The fourth-order valence-corrected chi connectivity index (χ4v) is 5.52. The molecule has 3 N–H and O–H groups in total. The van der Waals surface area contributed by atoms with Crippen LogP contribution in [-0.4, -0.2) is 48.5 Å². The number of halogens is 4. The lowest BCUT2D eigenvalue weighted by Crippen LogP contribution is -2.64. The zero-order chi connectivity index (χ0) is 31.8. The number of piperazine rings is 1. The number of ether oxygens (including phenoxy) is 1. The van der Waals surface area contributed by atoms with E-state index in [2.05, 4.69) is 20.9 Å². The molecule has 1 aromatic heterocycles. The van der Waals surface area contributed by atoms with Gasteiger partial charge in [0.15, 0.2) is 5.78 Å². The predicted molar refractivity (Wildman–Crippen MR) is 161 cm³/mol. The summed E-state index contributed by atoms with van der Waals surface area (Å²) in [5.41, 5.74) is -0.143. The third kappa shape index (κ3) is 8.11. The summed E-state index contributed by atoms with van der Waals surface area (Å²) in [6.07, 6.45) is 2.33. The Bertz CT molecular complexity index is 1610. The van der Waals surface area contributed by atoms with Gasteiger partial charge in [0.1, 0.15) is 35.6 Å². The highest BCUT2D eigenvalue weighted by atomic mass is 19.1. The number of aromatic nitrogens is 1. The Hall–Kier alpha value is -4.61. The SMILES string of the molecule is O=C(C[C@@H](c1ccc(F)cc1)c1cc(F)cc(F)c1)Nc1cncc(F)c1CC[C@@]1(C(=O)COc2ccccc2)CNCCN1. The molecule has 1 saturated heterocycles. The summed E-state index contributed by atoms with van der Waals surface area (Å²) >= 11 is 0. The van der Waals surface area contributed by atoms with E-state index in [0.29, 0.717) is 30.9 Å². The number of pyridine rings is 1. The maximum Gasteiger partial charge on any atom is 0.225 e. The highest BCUT2D eigenvalue weighted by Crippen LogP contribution is 2.31. The molecule has 2 heterocycles. The minimum atomic E-state index is -1.04. The Morgan fingerprint density at radius 2 is 1.62 bits per heavy atom. The highest BCUT2D eigenvalue weighted by Gasteiger charge is 2.39. The number of carbonyl (C=O) groups is 2. The summed E-state index contributed by atoms with van der Waals surface area (Å²) in [5.74, 6) is -3.88. The van der Waals surface area contributed by atoms with Crippen molar-refractivity contribution in [2.24, 2.45) is 0 Å².